The summed E-state index contributed by atoms with van der Waals surface area (Å²) in [5.74, 6) is 0. The molecule has 2 heterocycles. The molecule has 1 aromatic rings. The number of pyridine rings is 1. The van der Waals surface area contributed by atoms with Gasteiger partial charge in [-0.15, -0.1) is 0 Å². The first-order valence-electron chi connectivity index (χ1n) is 6.26. The summed E-state index contributed by atoms with van der Waals surface area (Å²) in [6, 6.07) is 4.65. The first-order valence-corrected chi connectivity index (χ1v) is 7.05. The van der Waals surface area contributed by atoms with E-state index in [0.717, 1.165) is 17.6 Å². The predicted molar refractivity (Wildman–Crippen MR) is 71.9 cm³/mol. The molecule has 4 heteroatoms. The Hall–Kier alpha value is -0.450. The lowest BCUT2D eigenvalue weighted by molar-refractivity contribution is 0.108. The van der Waals surface area contributed by atoms with Gasteiger partial charge in [-0.05, 0) is 59.4 Å². The summed E-state index contributed by atoms with van der Waals surface area (Å²) in [7, 11) is 0. The van der Waals surface area contributed by atoms with Gasteiger partial charge in [0.15, 0.2) is 0 Å². The van der Waals surface area contributed by atoms with E-state index in [0.29, 0.717) is 12.6 Å². The van der Waals surface area contributed by atoms with Crippen LogP contribution in [0.25, 0.3) is 0 Å². The van der Waals surface area contributed by atoms with Gasteiger partial charge in [-0.3, -0.25) is 0 Å². The fraction of sp³-hybridized carbons (Fsp3) is 0.615. The fourth-order valence-electron chi connectivity index (χ4n) is 2.12. The lowest BCUT2D eigenvalue weighted by atomic mass is 10.0. The summed E-state index contributed by atoms with van der Waals surface area (Å²) < 4.78 is 6.56. The standard InChI is InChI=1S/C13H19BrN2O/c14-13-9-11(4-7-16-13)10-17-8-5-12-3-1-2-6-15-12/h4,7,9,12,15H,1-3,5-6,8,10H2. The largest absolute Gasteiger partial charge is 0.377 e. The molecule has 0 aliphatic carbocycles. The molecular formula is C13H19BrN2O. The van der Waals surface area contributed by atoms with E-state index in [4.69, 9.17) is 4.74 Å². The highest BCUT2D eigenvalue weighted by Crippen LogP contribution is 2.12. The molecule has 0 saturated carbocycles. The molecule has 1 aliphatic heterocycles. The van der Waals surface area contributed by atoms with Gasteiger partial charge in [-0.25, -0.2) is 4.98 Å². The molecule has 1 N–H and O–H groups in total. The minimum Gasteiger partial charge on any atom is -0.377 e. The summed E-state index contributed by atoms with van der Waals surface area (Å²) in [5.41, 5.74) is 1.17. The zero-order chi connectivity index (χ0) is 11.9. The highest BCUT2D eigenvalue weighted by atomic mass is 79.9. The quantitative estimate of drug-likeness (QED) is 0.670. The van der Waals surface area contributed by atoms with Gasteiger partial charge in [0.1, 0.15) is 4.60 Å². The molecule has 0 radical (unpaired) electrons. The fourth-order valence-corrected chi connectivity index (χ4v) is 2.53. The molecule has 1 fully saturated rings. The third-order valence-electron chi connectivity index (χ3n) is 3.08. The highest BCUT2D eigenvalue weighted by molar-refractivity contribution is 9.10. The van der Waals surface area contributed by atoms with Crippen molar-refractivity contribution >= 4 is 15.9 Å². The van der Waals surface area contributed by atoms with Gasteiger partial charge in [0, 0.05) is 18.8 Å². The number of piperidine rings is 1. The van der Waals surface area contributed by atoms with E-state index in [1.807, 2.05) is 12.1 Å². The number of aromatic nitrogens is 1. The van der Waals surface area contributed by atoms with Gasteiger partial charge < -0.3 is 10.1 Å². The van der Waals surface area contributed by atoms with E-state index in [9.17, 15) is 0 Å². The lowest BCUT2D eigenvalue weighted by Gasteiger charge is -2.23. The van der Waals surface area contributed by atoms with Gasteiger partial charge in [0.05, 0.1) is 6.61 Å². The Morgan fingerprint density at radius 1 is 1.47 bits per heavy atom. The second-order valence-corrected chi connectivity index (χ2v) is 5.29. The molecule has 1 saturated heterocycles. The van der Waals surface area contributed by atoms with Crippen molar-refractivity contribution in [2.75, 3.05) is 13.2 Å². The third-order valence-corrected chi connectivity index (χ3v) is 3.52. The Morgan fingerprint density at radius 3 is 3.18 bits per heavy atom. The molecule has 0 aromatic carbocycles. The van der Waals surface area contributed by atoms with Gasteiger partial charge in [0.25, 0.3) is 0 Å². The van der Waals surface area contributed by atoms with Gasteiger partial charge in [0.2, 0.25) is 0 Å². The number of nitrogens with one attached hydrogen (secondary N) is 1. The van der Waals surface area contributed by atoms with Crippen LogP contribution in [0.2, 0.25) is 0 Å². The monoisotopic (exact) mass is 298 g/mol. The molecule has 3 nitrogen and oxygen atoms in total. The lowest BCUT2D eigenvalue weighted by Crippen LogP contribution is -2.34. The highest BCUT2D eigenvalue weighted by Gasteiger charge is 2.11. The number of hydrogen-bond acceptors (Lipinski definition) is 3. The molecule has 0 amide bonds. The maximum Gasteiger partial charge on any atom is 0.106 e. The minimum absolute atomic E-state index is 0.660. The van der Waals surface area contributed by atoms with E-state index in [1.165, 1.54) is 31.4 Å². The number of rotatable bonds is 5. The summed E-state index contributed by atoms with van der Waals surface area (Å²) in [5, 5.41) is 3.53. The van der Waals surface area contributed by atoms with Crippen molar-refractivity contribution in [2.24, 2.45) is 0 Å². The van der Waals surface area contributed by atoms with E-state index < -0.39 is 0 Å². The molecule has 0 spiro atoms. The van der Waals surface area contributed by atoms with E-state index in [2.05, 4.69) is 26.2 Å². The molecule has 1 aromatic heterocycles. The summed E-state index contributed by atoms with van der Waals surface area (Å²) in [6.45, 7) is 2.67. The Labute approximate surface area is 111 Å². The van der Waals surface area contributed by atoms with Crippen molar-refractivity contribution in [3.63, 3.8) is 0 Å². The first-order chi connectivity index (χ1) is 8.34. The van der Waals surface area contributed by atoms with Crippen LogP contribution in [-0.2, 0) is 11.3 Å². The normalized spacial score (nSPS) is 20.4. The van der Waals surface area contributed by atoms with Crippen LogP contribution in [0.4, 0.5) is 0 Å². The van der Waals surface area contributed by atoms with Gasteiger partial charge >= 0.3 is 0 Å². The Bertz CT molecular complexity index is 340. The van der Waals surface area contributed by atoms with Crippen LogP contribution in [-0.4, -0.2) is 24.2 Å². The molecule has 0 bridgehead atoms. The molecule has 1 aliphatic rings. The summed E-state index contributed by atoms with van der Waals surface area (Å²) in [4.78, 5) is 4.09. The average Bonchev–Trinajstić information content (AvgIpc) is 2.36. The van der Waals surface area contributed by atoms with E-state index in [-0.39, 0.29) is 0 Å². The SMILES string of the molecule is Brc1cc(COCCC2CCCCN2)ccn1. The molecule has 17 heavy (non-hydrogen) atoms. The van der Waals surface area contributed by atoms with E-state index >= 15 is 0 Å². The average molecular weight is 299 g/mol. The summed E-state index contributed by atoms with van der Waals surface area (Å²) >= 11 is 3.36. The van der Waals surface area contributed by atoms with E-state index in [1.54, 1.807) is 6.20 Å². The smallest absolute Gasteiger partial charge is 0.106 e. The Kier molecular flexibility index (Phi) is 5.42. The molecule has 2 rings (SSSR count). The van der Waals surface area contributed by atoms with Crippen LogP contribution in [0.3, 0.4) is 0 Å². The number of halogens is 1. The second-order valence-electron chi connectivity index (χ2n) is 4.47. The maximum atomic E-state index is 5.69. The summed E-state index contributed by atoms with van der Waals surface area (Å²) in [6.07, 6.45) is 6.89. The first kappa shape index (κ1) is 13.0. The van der Waals surface area contributed by atoms with Crippen LogP contribution in [0.5, 0.6) is 0 Å². The zero-order valence-electron chi connectivity index (χ0n) is 9.99. The minimum atomic E-state index is 0.660. The van der Waals surface area contributed by atoms with Gasteiger partial charge in [-0.2, -0.15) is 0 Å². The topological polar surface area (TPSA) is 34.1 Å². The molecule has 1 unspecified atom stereocenters. The van der Waals surface area contributed by atoms with Crippen molar-refractivity contribution in [3.05, 3.63) is 28.5 Å². The van der Waals surface area contributed by atoms with Crippen LogP contribution in [0.1, 0.15) is 31.2 Å². The molecule has 1 atom stereocenters. The second kappa shape index (κ2) is 7.09. The van der Waals surface area contributed by atoms with Crippen LogP contribution >= 0.6 is 15.9 Å². The third kappa shape index (κ3) is 4.74. The Balaban J connectivity index is 1.62. The number of ether oxygens (including phenoxy) is 1. The van der Waals surface area contributed by atoms with Gasteiger partial charge in [-0.1, -0.05) is 6.42 Å². The number of hydrogen-bond donors (Lipinski definition) is 1. The van der Waals surface area contributed by atoms with Crippen LogP contribution in [0, 0.1) is 0 Å². The van der Waals surface area contributed by atoms with Crippen molar-refractivity contribution in [3.8, 4) is 0 Å². The number of nitrogens with zero attached hydrogens (tertiary/aromatic N) is 1. The van der Waals surface area contributed by atoms with Crippen LogP contribution in [0.15, 0.2) is 22.9 Å². The van der Waals surface area contributed by atoms with Crippen molar-refractivity contribution < 1.29 is 4.74 Å². The molecular weight excluding hydrogens is 280 g/mol. The Morgan fingerprint density at radius 2 is 2.41 bits per heavy atom. The maximum absolute atomic E-state index is 5.69. The predicted octanol–water partition coefficient (Wildman–Crippen LogP) is 2.89. The van der Waals surface area contributed by atoms with Crippen molar-refractivity contribution in [2.45, 2.75) is 38.3 Å². The van der Waals surface area contributed by atoms with Crippen molar-refractivity contribution in [1.29, 1.82) is 0 Å². The van der Waals surface area contributed by atoms with Crippen molar-refractivity contribution in [1.82, 2.24) is 10.3 Å². The van der Waals surface area contributed by atoms with Crippen LogP contribution < -0.4 is 5.32 Å². The zero-order valence-corrected chi connectivity index (χ0v) is 11.6. The molecule has 94 valence electrons.